The zero-order chi connectivity index (χ0) is 12.0. The van der Waals surface area contributed by atoms with E-state index in [2.05, 4.69) is 0 Å². The van der Waals surface area contributed by atoms with Gasteiger partial charge in [-0.2, -0.15) is 5.26 Å². The van der Waals surface area contributed by atoms with Crippen molar-refractivity contribution in [3.8, 4) is 6.07 Å². The third kappa shape index (κ3) is 3.22. The van der Waals surface area contributed by atoms with Crippen LogP contribution in [0.25, 0.3) is 0 Å². The van der Waals surface area contributed by atoms with Gasteiger partial charge in [0.2, 0.25) is 0 Å². The molecule has 0 unspecified atom stereocenters. The summed E-state index contributed by atoms with van der Waals surface area (Å²) in [5.41, 5.74) is -0.0639. The molecule has 0 heterocycles. The van der Waals surface area contributed by atoms with E-state index in [1.54, 1.807) is 13.2 Å². The molecule has 1 aromatic carbocycles. The van der Waals surface area contributed by atoms with Crippen molar-refractivity contribution in [1.82, 2.24) is 0 Å². The number of nitriles is 1. The second-order valence-electron chi connectivity index (χ2n) is 2.89. The molecule has 0 saturated carbocycles. The van der Waals surface area contributed by atoms with Crippen molar-refractivity contribution in [3.05, 3.63) is 33.9 Å². The average Bonchev–Trinajstić information content (AvgIpc) is 2.29. The quantitative estimate of drug-likeness (QED) is 0.340. The molecule has 0 fully saturated rings. The number of rotatable bonds is 5. The molecule has 84 valence electrons. The van der Waals surface area contributed by atoms with E-state index >= 15 is 0 Å². The van der Waals surface area contributed by atoms with Crippen molar-refractivity contribution in [2.75, 3.05) is 19.5 Å². The minimum absolute atomic E-state index is 0.0902. The van der Waals surface area contributed by atoms with E-state index in [4.69, 9.17) is 10.00 Å². The van der Waals surface area contributed by atoms with Gasteiger partial charge in [0.05, 0.1) is 11.5 Å². The first kappa shape index (κ1) is 12.5. The first-order valence-electron chi connectivity index (χ1n) is 4.49. The average molecular weight is 238 g/mol. The van der Waals surface area contributed by atoms with Crippen LogP contribution in [-0.4, -0.2) is 24.4 Å². The van der Waals surface area contributed by atoms with Gasteiger partial charge in [0.15, 0.2) is 0 Å². The summed E-state index contributed by atoms with van der Waals surface area (Å²) in [4.78, 5) is 10.9. The zero-order valence-electron chi connectivity index (χ0n) is 8.67. The van der Waals surface area contributed by atoms with Gasteiger partial charge in [-0.05, 0) is 12.1 Å². The lowest BCUT2D eigenvalue weighted by molar-refractivity contribution is -0.385. The maximum atomic E-state index is 10.6. The number of methoxy groups -OCH3 is 1. The van der Waals surface area contributed by atoms with Crippen molar-refractivity contribution in [3.63, 3.8) is 0 Å². The summed E-state index contributed by atoms with van der Waals surface area (Å²) in [5, 5.41) is 19.4. The molecule has 0 aliphatic rings. The molecule has 1 rings (SSSR count). The Balaban J connectivity index is 2.84. The van der Waals surface area contributed by atoms with E-state index < -0.39 is 4.92 Å². The highest BCUT2D eigenvalue weighted by Gasteiger charge is 2.13. The van der Waals surface area contributed by atoms with Gasteiger partial charge in [-0.3, -0.25) is 10.1 Å². The molecule has 0 amide bonds. The fraction of sp³-hybridized carbons (Fsp3) is 0.300. The van der Waals surface area contributed by atoms with Crippen LogP contribution in [0.15, 0.2) is 23.1 Å². The molecule has 0 spiro atoms. The van der Waals surface area contributed by atoms with Gasteiger partial charge in [-0.15, -0.1) is 11.8 Å². The van der Waals surface area contributed by atoms with Gasteiger partial charge in [-0.1, -0.05) is 0 Å². The second kappa shape index (κ2) is 6.10. The molecule has 0 atom stereocenters. The van der Waals surface area contributed by atoms with E-state index in [-0.39, 0.29) is 11.3 Å². The van der Waals surface area contributed by atoms with Crippen molar-refractivity contribution in [1.29, 1.82) is 5.26 Å². The summed E-state index contributed by atoms with van der Waals surface area (Å²) < 4.78 is 4.89. The minimum atomic E-state index is -0.553. The molecule has 5 nitrogen and oxygen atoms in total. The van der Waals surface area contributed by atoms with Crippen LogP contribution < -0.4 is 0 Å². The number of nitro groups is 1. The molecule has 6 heteroatoms. The zero-order valence-corrected chi connectivity index (χ0v) is 9.49. The number of ether oxygens (including phenoxy) is 1. The van der Waals surface area contributed by atoms with Crippen LogP contribution in [-0.2, 0) is 4.74 Å². The second-order valence-corrected chi connectivity index (χ2v) is 4.06. The molecule has 0 N–H and O–H groups in total. The van der Waals surface area contributed by atoms with E-state index in [0.29, 0.717) is 6.61 Å². The summed E-state index contributed by atoms with van der Waals surface area (Å²) in [6.45, 7) is 0.601. The van der Waals surface area contributed by atoms with Gasteiger partial charge < -0.3 is 4.74 Å². The Morgan fingerprint density at radius 2 is 2.38 bits per heavy atom. The molecule has 1 aromatic rings. The number of nitro benzene ring substituents is 1. The van der Waals surface area contributed by atoms with E-state index in [0.717, 1.165) is 10.6 Å². The fourth-order valence-corrected chi connectivity index (χ4v) is 1.95. The highest BCUT2D eigenvalue weighted by molar-refractivity contribution is 7.99. The van der Waals surface area contributed by atoms with Crippen LogP contribution in [0.4, 0.5) is 5.69 Å². The van der Waals surface area contributed by atoms with Gasteiger partial charge in [0, 0.05) is 23.8 Å². The molecule has 0 aliphatic carbocycles. The fourth-order valence-electron chi connectivity index (χ4n) is 1.10. The minimum Gasteiger partial charge on any atom is -0.384 e. The van der Waals surface area contributed by atoms with Crippen LogP contribution in [0, 0.1) is 21.4 Å². The summed E-state index contributed by atoms with van der Waals surface area (Å²) in [7, 11) is 1.61. The summed E-state index contributed by atoms with van der Waals surface area (Å²) in [6.07, 6.45) is 0. The van der Waals surface area contributed by atoms with Crippen molar-refractivity contribution in [2.45, 2.75) is 4.90 Å². The third-order valence-electron chi connectivity index (χ3n) is 1.84. The standard InChI is InChI=1S/C10H10N2O3S/c1-15-4-5-16-9-2-3-10(12(13)14)8(6-9)7-11/h2-3,6H,4-5H2,1H3. The largest absolute Gasteiger partial charge is 0.384 e. The molecule has 0 aliphatic heterocycles. The number of hydrogen-bond acceptors (Lipinski definition) is 5. The van der Waals surface area contributed by atoms with Crippen LogP contribution in [0.2, 0.25) is 0 Å². The maximum Gasteiger partial charge on any atom is 0.287 e. The molecule has 0 aromatic heterocycles. The molecular weight excluding hydrogens is 228 g/mol. The highest BCUT2D eigenvalue weighted by atomic mass is 32.2. The van der Waals surface area contributed by atoms with Crippen molar-refractivity contribution in [2.24, 2.45) is 0 Å². The number of nitrogens with zero attached hydrogens (tertiary/aromatic N) is 2. The normalized spacial score (nSPS) is 9.75. The van der Waals surface area contributed by atoms with Crippen LogP contribution >= 0.6 is 11.8 Å². The predicted octanol–water partition coefficient (Wildman–Crippen LogP) is 2.20. The van der Waals surface area contributed by atoms with E-state index in [1.807, 2.05) is 6.07 Å². The SMILES string of the molecule is COCCSc1ccc([N+](=O)[O-])c(C#N)c1. The van der Waals surface area contributed by atoms with Crippen LogP contribution in [0.5, 0.6) is 0 Å². The lowest BCUT2D eigenvalue weighted by atomic mass is 10.2. The number of thioether (sulfide) groups is 1. The lowest BCUT2D eigenvalue weighted by Crippen LogP contribution is -1.94. The number of benzene rings is 1. The maximum absolute atomic E-state index is 10.6. The Labute approximate surface area is 97.2 Å². The Bertz CT molecular complexity index is 429. The van der Waals surface area contributed by atoms with Crippen molar-refractivity contribution < 1.29 is 9.66 Å². The third-order valence-corrected chi connectivity index (χ3v) is 2.80. The Morgan fingerprint density at radius 1 is 1.62 bits per heavy atom. The smallest absolute Gasteiger partial charge is 0.287 e. The molecular formula is C10H10N2O3S. The lowest BCUT2D eigenvalue weighted by Gasteiger charge is -2.01. The van der Waals surface area contributed by atoms with E-state index in [1.165, 1.54) is 23.9 Å². The topological polar surface area (TPSA) is 76.2 Å². The molecule has 0 bridgehead atoms. The first-order chi connectivity index (χ1) is 7.69. The Kier molecular flexibility index (Phi) is 4.76. The van der Waals surface area contributed by atoms with Gasteiger partial charge in [-0.25, -0.2) is 0 Å². The van der Waals surface area contributed by atoms with Gasteiger partial charge in [0.1, 0.15) is 11.6 Å². The van der Waals surface area contributed by atoms with Crippen molar-refractivity contribution >= 4 is 17.4 Å². The summed E-state index contributed by atoms with van der Waals surface area (Å²) >= 11 is 1.50. The summed E-state index contributed by atoms with van der Waals surface area (Å²) in [5.74, 6) is 0.749. The van der Waals surface area contributed by atoms with E-state index in [9.17, 15) is 10.1 Å². The van der Waals surface area contributed by atoms with Crippen LogP contribution in [0.3, 0.4) is 0 Å². The van der Waals surface area contributed by atoms with Gasteiger partial charge >= 0.3 is 0 Å². The Morgan fingerprint density at radius 3 is 2.94 bits per heavy atom. The molecule has 0 saturated heterocycles. The molecule has 0 radical (unpaired) electrons. The summed E-state index contributed by atoms with van der Waals surface area (Å²) in [6, 6.07) is 6.34. The van der Waals surface area contributed by atoms with Crippen LogP contribution in [0.1, 0.15) is 5.56 Å². The predicted molar refractivity (Wildman–Crippen MR) is 60.4 cm³/mol. The highest BCUT2D eigenvalue weighted by Crippen LogP contribution is 2.25. The number of hydrogen-bond donors (Lipinski definition) is 0. The molecule has 16 heavy (non-hydrogen) atoms. The monoisotopic (exact) mass is 238 g/mol. The van der Waals surface area contributed by atoms with Gasteiger partial charge in [0.25, 0.3) is 5.69 Å². The Hall–Kier alpha value is -1.58. The first-order valence-corrected chi connectivity index (χ1v) is 5.48.